The monoisotopic (exact) mass is 334 g/mol. The molecule has 1 atom stereocenters. The fraction of sp³-hybridized carbons (Fsp3) is 0.500. The molecule has 0 radical (unpaired) electrons. The van der Waals surface area contributed by atoms with Crippen molar-refractivity contribution in [2.24, 2.45) is 11.8 Å². The molecule has 1 saturated heterocycles. The van der Waals surface area contributed by atoms with Crippen LogP contribution in [0.5, 0.6) is 0 Å². The molecule has 2 rings (SSSR count). The van der Waals surface area contributed by atoms with Crippen molar-refractivity contribution < 1.29 is 13.6 Å². The molecular weight excluding hydrogens is 318 g/mol. The molecule has 0 aliphatic carbocycles. The SMILES string of the molecule is CC(C(=O)Nc1cccc(Cl)c1SCC(F)F)C1CNC1. The molecule has 0 saturated carbocycles. The van der Waals surface area contributed by atoms with Gasteiger partial charge in [-0.3, -0.25) is 4.79 Å². The van der Waals surface area contributed by atoms with Gasteiger partial charge in [-0.25, -0.2) is 8.78 Å². The summed E-state index contributed by atoms with van der Waals surface area (Å²) in [5, 5.41) is 6.30. The van der Waals surface area contributed by atoms with Crippen LogP contribution < -0.4 is 10.6 Å². The van der Waals surface area contributed by atoms with Gasteiger partial charge in [0.15, 0.2) is 0 Å². The average molecular weight is 335 g/mol. The van der Waals surface area contributed by atoms with Crippen molar-refractivity contribution in [3.05, 3.63) is 23.2 Å². The van der Waals surface area contributed by atoms with Crippen LogP contribution in [-0.4, -0.2) is 31.2 Å². The summed E-state index contributed by atoms with van der Waals surface area (Å²) in [7, 11) is 0. The molecular formula is C14H17ClF2N2OS. The molecule has 1 fully saturated rings. The zero-order valence-electron chi connectivity index (χ0n) is 11.5. The second-order valence-electron chi connectivity index (χ2n) is 5.01. The van der Waals surface area contributed by atoms with E-state index in [0.717, 1.165) is 24.9 Å². The van der Waals surface area contributed by atoms with Gasteiger partial charge < -0.3 is 10.6 Å². The Hall–Kier alpha value is -0.850. The van der Waals surface area contributed by atoms with Gasteiger partial charge in [-0.2, -0.15) is 0 Å². The standard InChI is InChI=1S/C14H17ClF2N2OS/c1-8(9-5-18-6-9)14(20)19-11-4-2-3-10(15)13(11)21-7-12(16)17/h2-4,8-9,12,18H,5-7H2,1H3,(H,19,20). The lowest BCUT2D eigenvalue weighted by atomic mass is 9.88. The molecule has 1 amide bonds. The topological polar surface area (TPSA) is 41.1 Å². The summed E-state index contributed by atoms with van der Waals surface area (Å²) in [6, 6.07) is 5.01. The highest BCUT2D eigenvalue weighted by Crippen LogP contribution is 2.35. The van der Waals surface area contributed by atoms with E-state index in [9.17, 15) is 13.6 Å². The maximum Gasteiger partial charge on any atom is 0.247 e. The van der Waals surface area contributed by atoms with Gasteiger partial charge in [0.25, 0.3) is 0 Å². The summed E-state index contributed by atoms with van der Waals surface area (Å²) in [4.78, 5) is 12.7. The quantitative estimate of drug-likeness (QED) is 0.782. The lowest BCUT2D eigenvalue weighted by Gasteiger charge is -2.31. The molecule has 1 heterocycles. The number of anilines is 1. The Balaban J connectivity index is 2.07. The van der Waals surface area contributed by atoms with Crippen molar-refractivity contribution in [3.63, 3.8) is 0 Å². The van der Waals surface area contributed by atoms with Crippen molar-refractivity contribution in [1.29, 1.82) is 0 Å². The first kappa shape index (κ1) is 16.5. The van der Waals surface area contributed by atoms with Crippen molar-refractivity contribution in [2.45, 2.75) is 18.2 Å². The fourth-order valence-corrected chi connectivity index (χ4v) is 3.14. The molecule has 0 spiro atoms. The Morgan fingerprint density at radius 2 is 2.24 bits per heavy atom. The van der Waals surface area contributed by atoms with Crippen LogP contribution in [0, 0.1) is 11.8 Å². The van der Waals surface area contributed by atoms with E-state index in [1.54, 1.807) is 18.2 Å². The fourth-order valence-electron chi connectivity index (χ4n) is 2.03. The molecule has 1 aliphatic heterocycles. The van der Waals surface area contributed by atoms with E-state index in [-0.39, 0.29) is 17.6 Å². The van der Waals surface area contributed by atoms with Crippen LogP contribution in [0.3, 0.4) is 0 Å². The van der Waals surface area contributed by atoms with Crippen LogP contribution in [0.2, 0.25) is 5.02 Å². The Kier molecular flexibility index (Phi) is 5.84. The van der Waals surface area contributed by atoms with Gasteiger partial charge >= 0.3 is 0 Å². The molecule has 3 nitrogen and oxygen atoms in total. The summed E-state index contributed by atoms with van der Waals surface area (Å²) in [6.07, 6.45) is -2.42. The molecule has 0 aromatic heterocycles. The van der Waals surface area contributed by atoms with Crippen molar-refractivity contribution in [1.82, 2.24) is 5.32 Å². The number of hydrogen-bond acceptors (Lipinski definition) is 3. The predicted octanol–water partition coefficient (Wildman–Crippen LogP) is 3.49. The van der Waals surface area contributed by atoms with Gasteiger partial charge in [-0.1, -0.05) is 24.6 Å². The van der Waals surface area contributed by atoms with Gasteiger partial charge in [0.05, 0.1) is 16.5 Å². The van der Waals surface area contributed by atoms with Gasteiger partial charge in [0.1, 0.15) is 0 Å². The Morgan fingerprint density at radius 3 is 2.81 bits per heavy atom. The zero-order chi connectivity index (χ0) is 15.4. The van der Waals surface area contributed by atoms with E-state index in [1.165, 1.54) is 0 Å². The van der Waals surface area contributed by atoms with E-state index < -0.39 is 6.43 Å². The van der Waals surface area contributed by atoms with Crippen LogP contribution in [0.1, 0.15) is 6.92 Å². The molecule has 7 heteroatoms. The second-order valence-corrected chi connectivity index (χ2v) is 6.45. The third-order valence-corrected chi connectivity index (χ3v) is 5.09. The van der Waals surface area contributed by atoms with Crippen LogP contribution in [0.15, 0.2) is 23.1 Å². The first-order valence-electron chi connectivity index (χ1n) is 6.70. The number of amides is 1. The number of thioether (sulfide) groups is 1. The van der Waals surface area contributed by atoms with E-state index in [1.807, 2.05) is 6.92 Å². The lowest BCUT2D eigenvalue weighted by Crippen LogP contribution is -2.48. The summed E-state index contributed by atoms with van der Waals surface area (Å²) < 4.78 is 24.8. The van der Waals surface area contributed by atoms with Crippen molar-refractivity contribution in [2.75, 3.05) is 24.2 Å². The third-order valence-electron chi connectivity index (χ3n) is 3.51. The highest BCUT2D eigenvalue weighted by atomic mass is 35.5. The third kappa shape index (κ3) is 4.31. The second kappa shape index (κ2) is 7.42. The largest absolute Gasteiger partial charge is 0.325 e. The van der Waals surface area contributed by atoms with Crippen LogP contribution in [0.25, 0.3) is 0 Å². The molecule has 2 N–H and O–H groups in total. The van der Waals surface area contributed by atoms with E-state index in [0.29, 0.717) is 21.5 Å². The van der Waals surface area contributed by atoms with Crippen molar-refractivity contribution in [3.8, 4) is 0 Å². The first-order valence-corrected chi connectivity index (χ1v) is 8.06. The summed E-state index contributed by atoms with van der Waals surface area (Å²) >= 11 is 7.00. The minimum atomic E-state index is -2.42. The number of rotatable bonds is 6. The lowest BCUT2D eigenvalue weighted by molar-refractivity contribution is -0.121. The Bertz CT molecular complexity index is 512. The Labute approximate surface area is 131 Å². The first-order chi connectivity index (χ1) is 9.99. The maximum atomic E-state index is 12.4. The number of benzene rings is 1. The van der Waals surface area contributed by atoms with Crippen LogP contribution in [0.4, 0.5) is 14.5 Å². The van der Waals surface area contributed by atoms with Gasteiger partial charge in [0.2, 0.25) is 12.3 Å². The zero-order valence-corrected chi connectivity index (χ0v) is 13.1. The van der Waals surface area contributed by atoms with E-state index in [2.05, 4.69) is 10.6 Å². The number of hydrogen-bond donors (Lipinski definition) is 2. The number of carbonyl (C=O) groups excluding carboxylic acids is 1. The number of alkyl halides is 2. The number of nitrogens with one attached hydrogen (secondary N) is 2. The van der Waals surface area contributed by atoms with E-state index >= 15 is 0 Å². The molecule has 1 aliphatic rings. The molecule has 116 valence electrons. The minimum Gasteiger partial charge on any atom is -0.325 e. The predicted molar refractivity (Wildman–Crippen MR) is 82.3 cm³/mol. The summed E-state index contributed by atoms with van der Waals surface area (Å²) in [6.45, 7) is 3.53. The van der Waals surface area contributed by atoms with Crippen LogP contribution >= 0.6 is 23.4 Å². The summed E-state index contributed by atoms with van der Waals surface area (Å²) in [5.74, 6) is -0.267. The minimum absolute atomic E-state index is 0.109. The normalized spacial score (nSPS) is 16.6. The van der Waals surface area contributed by atoms with Crippen LogP contribution in [-0.2, 0) is 4.79 Å². The van der Waals surface area contributed by atoms with E-state index in [4.69, 9.17) is 11.6 Å². The molecule has 21 heavy (non-hydrogen) atoms. The molecule has 0 bridgehead atoms. The Morgan fingerprint density at radius 1 is 1.52 bits per heavy atom. The molecule has 1 aromatic rings. The molecule has 1 unspecified atom stereocenters. The van der Waals surface area contributed by atoms with Gasteiger partial charge in [-0.15, -0.1) is 11.8 Å². The number of halogens is 3. The van der Waals surface area contributed by atoms with Gasteiger partial charge in [-0.05, 0) is 31.1 Å². The maximum absolute atomic E-state index is 12.4. The highest BCUT2D eigenvalue weighted by molar-refractivity contribution is 7.99. The van der Waals surface area contributed by atoms with Gasteiger partial charge in [0, 0.05) is 10.8 Å². The number of carbonyl (C=O) groups is 1. The summed E-state index contributed by atoms with van der Waals surface area (Å²) in [5.41, 5.74) is 0.497. The average Bonchev–Trinajstić information content (AvgIpc) is 2.35. The highest BCUT2D eigenvalue weighted by Gasteiger charge is 2.29. The molecule has 1 aromatic carbocycles. The smallest absolute Gasteiger partial charge is 0.247 e. The van der Waals surface area contributed by atoms with Crippen molar-refractivity contribution >= 4 is 35.0 Å².